The number of hydrogen-bond acceptors (Lipinski definition) is 5. The average Bonchev–Trinajstić information content (AvgIpc) is 3.14. The zero-order chi connectivity index (χ0) is 24.9. The number of aryl methyl sites for hydroxylation is 1. The van der Waals surface area contributed by atoms with E-state index in [1.165, 1.54) is 11.8 Å². The van der Waals surface area contributed by atoms with E-state index in [0.717, 1.165) is 33.1 Å². The largest absolute Gasteiger partial charge is 0.490 e. The van der Waals surface area contributed by atoms with Crippen LogP contribution in [0.4, 0.5) is 5.69 Å². The van der Waals surface area contributed by atoms with Gasteiger partial charge < -0.3 is 14.8 Å². The standard InChI is InChI=1S/C26H21I3N2O3S/c1-3-33-22-12-17(11-20(29)24(22)34-14-16-5-4-6-18(27)10-16)13-23-25(32)31-26(35-23)30-21-8-7-19(28)9-15(21)2/h4-13H,3,14H2,1-2H3,(H,30,31,32)/b23-13+. The van der Waals surface area contributed by atoms with Crippen molar-refractivity contribution in [3.63, 3.8) is 0 Å². The first kappa shape index (κ1) is 26.7. The Hall–Kier alpha value is -1.32. The van der Waals surface area contributed by atoms with Crippen LogP contribution in [0.2, 0.25) is 0 Å². The Morgan fingerprint density at radius 2 is 1.83 bits per heavy atom. The first-order valence-electron chi connectivity index (χ1n) is 10.7. The number of benzene rings is 3. The number of rotatable bonds is 7. The Labute approximate surface area is 250 Å². The molecule has 0 saturated carbocycles. The molecule has 180 valence electrons. The number of aliphatic imine (C=N–C) groups is 1. The quantitative estimate of drug-likeness (QED) is 0.197. The van der Waals surface area contributed by atoms with E-state index in [9.17, 15) is 4.79 Å². The fourth-order valence-corrected chi connectivity index (χ4v) is 6.21. The monoisotopic (exact) mass is 822 g/mol. The Balaban J connectivity index is 1.56. The predicted octanol–water partition coefficient (Wildman–Crippen LogP) is 7.68. The van der Waals surface area contributed by atoms with Crippen molar-refractivity contribution in [2.45, 2.75) is 20.5 Å². The molecule has 1 fully saturated rings. The van der Waals surface area contributed by atoms with Gasteiger partial charge in [-0.05, 0) is 159 Å². The van der Waals surface area contributed by atoms with Gasteiger partial charge in [0, 0.05) is 7.14 Å². The summed E-state index contributed by atoms with van der Waals surface area (Å²) in [4.78, 5) is 17.8. The minimum Gasteiger partial charge on any atom is -0.490 e. The van der Waals surface area contributed by atoms with E-state index in [-0.39, 0.29) is 5.91 Å². The van der Waals surface area contributed by atoms with Gasteiger partial charge in [-0.1, -0.05) is 12.1 Å². The number of ether oxygens (including phenoxy) is 2. The van der Waals surface area contributed by atoms with E-state index in [2.05, 4.69) is 96.3 Å². The molecular weight excluding hydrogens is 801 g/mol. The highest BCUT2D eigenvalue weighted by Gasteiger charge is 2.24. The molecule has 3 aromatic carbocycles. The molecule has 1 N–H and O–H groups in total. The number of thioether (sulfide) groups is 1. The minimum atomic E-state index is -0.163. The highest BCUT2D eigenvalue weighted by Crippen LogP contribution is 2.37. The van der Waals surface area contributed by atoms with Gasteiger partial charge in [0.05, 0.1) is 20.8 Å². The molecule has 0 radical (unpaired) electrons. The summed E-state index contributed by atoms with van der Waals surface area (Å²) in [6.07, 6.45) is 1.86. The van der Waals surface area contributed by atoms with Crippen molar-refractivity contribution in [3.05, 3.63) is 86.9 Å². The summed E-state index contributed by atoms with van der Waals surface area (Å²) < 4.78 is 15.3. The maximum atomic E-state index is 12.6. The van der Waals surface area contributed by atoms with Crippen LogP contribution in [0.5, 0.6) is 11.5 Å². The van der Waals surface area contributed by atoms with E-state index < -0.39 is 0 Å². The number of carbonyl (C=O) groups excluding carboxylic acids is 1. The van der Waals surface area contributed by atoms with Gasteiger partial charge in [-0.15, -0.1) is 0 Å². The van der Waals surface area contributed by atoms with Gasteiger partial charge in [-0.2, -0.15) is 0 Å². The third kappa shape index (κ3) is 7.13. The second-order valence-corrected chi connectivity index (χ2v) is 12.3. The van der Waals surface area contributed by atoms with E-state index in [0.29, 0.717) is 34.8 Å². The summed E-state index contributed by atoms with van der Waals surface area (Å²) in [6, 6.07) is 18.1. The highest BCUT2D eigenvalue weighted by molar-refractivity contribution is 14.1. The van der Waals surface area contributed by atoms with Crippen molar-refractivity contribution in [1.82, 2.24) is 5.32 Å². The molecule has 1 amide bonds. The lowest BCUT2D eigenvalue weighted by atomic mass is 10.2. The van der Waals surface area contributed by atoms with E-state index in [4.69, 9.17) is 9.47 Å². The van der Waals surface area contributed by atoms with Crippen LogP contribution in [0, 0.1) is 17.6 Å². The summed E-state index contributed by atoms with van der Waals surface area (Å²) in [6.45, 7) is 4.91. The second kappa shape index (κ2) is 12.3. The Morgan fingerprint density at radius 1 is 1.03 bits per heavy atom. The van der Waals surface area contributed by atoms with Crippen molar-refractivity contribution in [1.29, 1.82) is 0 Å². The van der Waals surface area contributed by atoms with Crippen LogP contribution in [0.25, 0.3) is 6.08 Å². The van der Waals surface area contributed by atoms with Crippen molar-refractivity contribution < 1.29 is 14.3 Å². The van der Waals surface area contributed by atoms with E-state index in [1.807, 2.05) is 56.3 Å². The Morgan fingerprint density at radius 3 is 2.57 bits per heavy atom. The van der Waals surface area contributed by atoms with Crippen LogP contribution < -0.4 is 14.8 Å². The molecule has 0 atom stereocenters. The lowest BCUT2D eigenvalue weighted by molar-refractivity contribution is -0.115. The van der Waals surface area contributed by atoms with Crippen molar-refractivity contribution in [2.75, 3.05) is 6.61 Å². The molecule has 0 aromatic heterocycles. The normalized spacial score (nSPS) is 15.5. The lowest BCUT2D eigenvalue weighted by Gasteiger charge is -2.15. The lowest BCUT2D eigenvalue weighted by Crippen LogP contribution is -2.19. The number of carbonyl (C=O) groups is 1. The van der Waals surface area contributed by atoms with Crippen molar-refractivity contribution in [2.24, 2.45) is 4.99 Å². The fraction of sp³-hybridized carbons (Fsp3) is 0.154. The number of hydrogen-bond donors (Lipinski definition) is 1. The summed E-state index contributed by atoms with van der Waals surface area (Å²) in [7, 11) is 0. The van der Waals surface area contributed by atoms with Crippen LogP contribution in [-0.2, 0) is 11.4 Å². The van der Waals surface area contributed by atoms with Gasteiger partial charge in [0.25, 0.3) is 5.91 Å². The Bertz CT molecular complexity index is 1340. The fourth-order valence-electron chi connectivity index (χ4n) is 3.34. The highest BCUT2D eigenvalue weighted by atomic mass is 127. The van der Waals surface area contributed by atoms with Crippen molar-refractivity contribution in [3.8, 4) is 11.5 Å². The van der Waals surface area contributed by atoms with Gasteiger partial charge in [0.15, 0.2) is 16.7 Å². The van der Waals surface area contributed by atoms with Crippen LogP contribution in [0.3, 0.4) is 0 Å². The molecule has 1 saturated heterocycles. The van der Waals surface area contributed by atoms with E-state index in [1.54, 1.807) is 0 Å². The summed E-state index contributed by atoms with van der Waals surface area (Å²) in [5.74, 6) is 1.20. The van der Waals surface area contributed by atoms with E-state index >= 15 is 0 Å². The molecule has 5 nitrogen and oxygen atoms in total. The second-order valence-electron chi connectivity index (χ2n) is 7.59. The average molecular weight is 822 g/mol. The molecule has 0 spiro atoms. The third-order valence-corrected chi connectivity index (χ3v) is 7.99. The number of nitrogens with zero attached hydrogens (tertiary/aromatic N) is 1. The number of nitrogens with one attached hydrogen (secondary N) is 1. The SMILES string of the molecule is CCOc1cc(/C=C2/SC(=Nc3ccc(I)cc3C)NC2=O)cc(I)c1OCc1cccc(I)c1. The number of amidine groups is 1. The summed E-state index contributed by atoms with van der Waals surface area (Å²) >= 11 is 8.15. The van der Waals surface area contributed by atoms with Gasteiger partial charge in [0.1, 0.15) is 6.61 Å². The molecule has 0 unspecified atom stereocenters. The molecule has 1 aliphatic heterocycles. The maximum absolute atomic E-state index is 12.6. The minimum absolute atomic E-state index is 0.163. The molecule has 0 aliphatic carbocycles. The predicted molar refractivity (Wildman–Crippen MR) is 169 cm³/mol. The molecule has 0 bridgehead atoms. The number of amides is 1. The zero-order valence-corrected chi connectivity index (χ0v) is 26.2. The topological polar surface area (TPSA) is 59.9 Å². The van der Waals surface area contributed by atoms with Crippen LogP contribution >= 0.6 is 79.5 Å². The first-order valence-corrected chi connectivity index (χ1v) is 14.8. The van der Waals surface area contributed by atoms with Gasteiger partial charge in [0.2, 0.25) is 0 Å². The molecular formula is C26H21I3N2O3S. The van der Waals surface area contributed by atoms with Crippen molar-refractivity contribution >= 4 is 102 Å². The van der Waals surface area contributed by atoms with Gasteiger partial charge in [-0.3, -0.25) is 4.79 Å². The van der Waals surface area contributed by atoms with Crippen LogP contribution in [-0.4, -0.2) is 17.7 Å². The molecule has 3 aromatic rings. The molecule has 9 heteroatoms. The zero-order valence-electron chi connectivity index (χ0n) is 18.9. The van der Waals surface area contributed by atoms with Crippen LogP contribution in [0.15, 0.2) is 64.5 Å². The van der Waals surface area contributed by atoms with Gasteiger partial charge in [-0.25, -0.2) is 4.99 Å². The summed E-state index contributed by atoms with van der Waals surface area (Å²) in [5, 5.41) is 3.44. The smallest absolute Gasteiger partial charge is 0.264 e. The third-order valence-electron chi connectivity index (χ3n) is 4.93. The van der Waals surface area contributed by atoms with Gasteiger partial charge >= 0.3 is 0 Å². The first-order chi connectivity index (χ1) is 16.8. The maximum Gasteiger partial charge on any atom is 0.264 e. The molecule has 4 rings (SSSR count). The molecule has 35 heavy (non-hydrogen) atoms. The molecule has 1 heterocycles. The molecule has 1 aliphatic rings. The Kier molecular flexibility index (Phi) is 9.38. The number of halogens is 3. The summed E-state index contributed by atoms with van der Waals surface area (Å²) in [5.41, 5.74) is 3.87. The van der Waals surface area contributed by atoms with Crippen LogP contribution in [0.1, 0.15) is 23.6 Å².